The number of aryl methyl sites for hydroxylation is 1. The lowest BCUT2D eigenvalue weighted by Crippen LogP contribution is -2.41. The molecule has 0 radical (unpaired) electrons. The lowest BCUT2D eigenvalue weighted by molar-refractivity contribution is 0.00578. The molecule has 0 aliphatic carbocycles. The van der Waals surface area contributed by atoms with E-state index in [0.29, 0.717) is 0 Å². The molecule has 2 rings (SSSR count). The minimum atomic E-state index is -0.394. The molecule has 1 aliphatic heterocycles. The molecule has 0 bridgehead atoms. The smallest absolute Gasteiger partial charge is 0.400 e. The highest BCUT2D eigenvalue weighted by Gasteiger charge is 2.50. The van der Waals surface area contributed by atoms with Crippen molar-refractivity contribution in [3.63, 3.8) is 0 Å². The van der Waals surface area contributed by atoms with Gasteiger partial charge in [-0.25, -0.2) is 0 Å². The minimum Gasteiger partial charge on any atom is -0.400 e. The van der Waals surface area contributed by atoms with Gasteiger partial charge >= 0.3 is 7.12 Å². The van der Waals surface area contributed by atoms with Crippen LogP contribution in [-0.2, 0) is 15.9 Å². The summed E-state index contributed by atoms with van der Waals surface area (Å²) in [6.45, 7) is 9.99. The van der Waals surface area contributed by atoms with E-state index in [1.807, 2.05) is 52.7 Å². The summed E-state index contributed by atoms with van der Waals surface area (Å²) < 4.78 is 11.8. The van der Waals surface area contributed by atoms with Crippen molar-refractivity contribution in [3.05, 3.63) is 35.1 Å². The van der Waals surface area contributed by atoms with E-state index in [1.54, 1.807) is 6.20 Å². The molecule has 2 heterocycles. The normalized spacial score (nSPS) is 20.8. The van der Waals surface area contributed by atoms with Crippen LogP contribution < -0.4 is 0 Å². The van der Waals surface area contributed by atoms with Crippen LogP contribution >= 0.6 is 0 Å². The molecule has 1 aliphatic rings. The number of hydrogen-bond donors (Lipinski definition) is 1. The van der Waals surface area contributed by atoms with Gasteiger partial charge in [0.1, 0.15) is 0 Å². The molecular weight excluding hydrogens is 253 g/mol. The monoisotopic (exact) mass is 275 g/mol. The number of pyridine rings is 1. The van der Waals surface area contributed by atoms with Crippen molar-refractivity contribution in [2.75, 3.05) is 0 Å². The Bertz CT molecular complexity index is 510. The number of aliphatic hydroxyl groups excluding tert-OH is 1. The highest BCUT2D eigenvalue weighted by molar-refractivity contribution is 6.52. The van der Waals surface area contributed by atoms with Crippen molar-refractivity contribution in [2.24, 2.45) is 0 Å². The lowest BCUT2D eigenvalue weighted by atomic mass is 9.89. The molecule has 1 aromatic rings. The maximum absolute atomic E-state index is 9.36. The molecule has 1 saturated heterocycles. The maximum Gasteiger partial charge on any atom is 0.487 e. The molecule has 1 N–H and O–H groups in total. The van der Waals surface area contributed by atoms with Gasteiger partial charge in [-0.2, -0.15) is 0 Å². The summed E-state index contributed by atoms with van der Waals surface area (Å²) in [6, 6.07) is 1.93. The third-order valence-corrected chi connectivity index (χ3v) is 3.99. The number of rotatable bonds is 3. The van der Waals surface area contributed by atoms with E-state index >= 15 is 0 Å². The minimum absolute atomic E-state index is 0.0300. The van der Waals surface area contributed by atoms with Gasteiger partial charge in [0.2, 0.25) is 0 Å². The second kappa shape index (κ2) is 5.32. The van der Waals surface area contributed by atoms with E-state index in [1.165, 1.54) is 0 Å². The number of hydrogen-bond acceptors (Lipinski definition) is 4. The second-order valence-electron chi connectivity index (χ2n) is 6.20. The van der Waals surface area contributed by atoms with Crippen molar-refractivity contribution in [1.29, 1.82) is 0 Å². The zero-order valence-electron chi connectivity index (χ0n) is 12.8. The fourth-order valence-corrected chi connectivity index (χ4v) is 2.05. The fraction of sp³-hybridized carbons (Fsp3) is 0.533. The van der Waals surface area contributed by atoms with Crippen molar-refractivity contribution >= 4 is 13.2 Å². The Labute approximate surface area is 121 Å². The van der Waals surface area contributed by atoms with Crippen LogP contribution in [0.1, 0.15) is 44.5 Å². The quantitative estimate of drug-likeness (QED) is 0.861. The van der Waals surface area contributed by atoms with Crippen LogP contribution in [0, 0.1) is 6.92 Å². The van der Waals surface area contributed by atoms with E-state index < -0.39 is 7.12 Å². The van der Waals surface area contributed by atoms with Crippen LogP contribution in [0.3, 0.4) is 0 Å². The van der Waals surface area contributed by atoms with E-state index in [2.05, 4.69) is 4.98 Å². The Morgan fingerprint density at radius 2 is 1.85 bits per heavy atom. The molecular formula is C15H22BNO3. The standard InChI is InChI=1S/C15H22BNO3/c1-11-8-12(10-18)13(17-9-11)6-7-16-19-14(2,3)15(4,5)20-16/h6-9,18H,10H2,1-5H3/b7-6+. The van der Waals surface area contributed by atoms with E-state index in [4.69, 9.17) is 9.31 Å². The van der Waals surface area contributed by atoms with Gasteiger partial charge in [-0.15, -0.1) is 0 Å². The van der Waals surface area contributed by atoms with Crippen LogP contribution in [-0.4, -0.2) is 28.4 Å². The SMILES string of the molecule is Cc1cnc(/C=C/B2OC(C)(C)C(C)(C)O2)c(CO)c1. The molecule has 0 amide bonds. The van der Waals surface area contributed by atoms with E-state index in [9.17, 15) is 5.11 Å². The van der Waals surface area contributed by atoms with Crippen LogP contribution in [0.15, 0.2) is 18.2 Å². The van der Waals surface area contributed by atoms with Gasteiger partial charge in [-0.1, -0.05) is 12.0 Å². The lowest BCUT2D eigenvalue weighted by Gasteiger charge is -2.32. The first-order valence-electron chi connectivity index (χ1n) is 6.85. The van der Waals surface area contributed by atoms with Crippen molar-refractivity contribution in [3.8, 4) is 0 Å². The van der Waals surface area contributed by atoms with Gasteiger partial charge in [0.25, 0.3) is 0 Å². The highest BCUT2D eigenvalue weighted by Crippen LogP contribution is 2.37. The highest BCUT2D eigenvalue weighted by atomic mass is 16.7. The van der Waals surface area contributed by atoms with Gasteiger partial charge in [0.05, 0.1) is 23.5 Å². The Morgan fingerprint density at radius 3 is 2.40 bits per heavy atom. The molecule has 0 spiro atoms. The summed E-state index contributed by atoms with van der Waals surface area (Å²) >= 11 is 0. The van der Waals surface area contributed by atoms with Crippen molar-refractivity contribution in [2.45, 2.75) is 52.4 Å². The van der Waals surface area contributed by atoms with Gasteiger partial charge in [-0.3, -0.25) is 4.98 Å². The largest absolute Gasteiger partial charge is 0.487 e. The average Bonchev–Trinajstić information content (AvgIpc) is 2.56. The molecule has 0 unspecified atom stereocenters. The third kappa shape index (κ3) is 2.95. The molecule has 108 valence electrons. The summed E-state index contributed by atoms with van der Waals surface area (Å²) in [4.78, 5) is 4.32. The zero-order chi connectivity index (χ0) is 15.0. The van der Waals surface area contributed by atoms with Crippen LogP contribution in [0.4, 0.5) is 0 Å². The second-order valence-corrected chi connectivity index (χ2v) is 6.20. The van der Waals surface area contributed by atoms with Gasteiger partial charge in [0, 0.05) is 11.8 Å². The first-order chi connectivity index (χ1) is 9.25. The Kier molecular flexibility index (Phi) is 4.05. The predicted molar refractivity (Wildman–Crippen MR) is 80.0 cm³/mol. The van der Waals surface area contributed by atoms with Gasteiger partial charge < -0.3 is 14.4 Å². The average molecular weight is 275 g/mol. The Hall–Kier alpha value is -1.17. The van der Waals surface area contributed by atoms with Crippen LogP contribution in [0.25, 0.3) is 6.08 Å². The van der Waals surface area contributed by atoms with Crippen LogP contribution in [0.2, 0.25) is 0 Å². The molecule has 4 nitrogen and oxygen atoms in total. The summed E-state index contributed by atoms with van der Waals surface area (Å²) in [5.41, 5.74) is 1.89. The summed E-state index contributed by atoms with van der Waals surface area (Å²) in [7, 11) is -0.394. The number of aromatic nitrogens is 1. The van der Waals surface area contributed by atoms with E-state index in [-0.39, 0.29) is 17.8 Å². The molecule has 0 saturated carbocycles. The number of nitrogens with zero attached hydrogens (tertiary/aromatic N) is 1. The summed E-state index contributed by atoms with van der Waals surface area (Å²) in [5, 5.41) is 9.36. The zero-order valence-corrected chi connectivity index (χ0v) is 12.8. The molecule has 1 fully saturated rings. The summed E-state index contributed by atoms with van der Waals surface area (Å²) in [6.07, 6.45) is 3.62. The molecule has 20 heavy (non-hydrogen) atoms. The van der Waals surface area contributed by atoms with Gasteiger partial charge in [0.15, 0.2) is 0 Å². The van der Waals surface area contributed by atoms with Crippen molar-refractivity contribution < 1.29 is 14.4 Å². The third-order valence-electron chi connectivity index (χ3n) is 3.99. The summed E-state index contributed by atoms with van der Waals surface area (Å²) in [5.74, 6) is 1.84. The molecule has 0 atom stereocenters. The fourth-order valence-electron chi connectivity index (χ4n) is 2.05. The first kappa shape index (κ1) is 15.2. The maximum atomic E-state index is 9.36. The first-order valence-corrected chi connectivity index (χ1v) is 6.85. The van der Waals surface area contributed by atoms with E-state index in [0.717, 1.165) is 16.8 Å². The van der Waals surface area contributed by atoms with Gasteiger partial charge in [-0.05, 0) is 46.3 Å². The number of aliphatic hydroxyl groups is 1. The molecule has 0 aromatic carbocycles. The Morgan fingerprint density at radius 1 is 1.25 bits per heavy atom. The molecule has 5 heteroatoms. The molecule has 1 aromatic heterocycles. The Balaban J connectivity index is 2.16. The topological polar surface area (TPSA) is 51.6 Å². The predicted octanol–water partition coefficient (Wildman–Crippen LogP) is 2.53. The van der Waals surface area contributed by atoms with Crippen molar-refractivity contribution in [1.82, 2.24) is 4.98 Å². The van der Waals surface area contributed by atoms with Crippen LogP contribution in [0.5, 0.6) is 0 Å².